The van der Waals surface area contributed by atoms with E-state index in [1.165, 1.54) is 18.5 Å². The molecular formula is C17H26N4O. The second-order valence-electron chi connectivity index (χ2n) is 6.05. The van der Waals surface area contributed by atoms with Crippen molar-refractivity contribution in [2.75, 3.05) is 26.3 Å². The van der Waals surface area contributed by atoms with E-state index in [4.69, 9.17) is 4.74 Å². The summed E-state index contributed by atoms with van der Waals surface area (Å²) in [5.41, 5.74) is 1.35. The van der Waals surface area contributed by atoms with Gasteiger partial charge in [-0.3, -0.25) is 4.90 Å². The molecule has 0 N–H and O–H groups in total. The van der Waals surface area contributed by atoms with Crippen molar-refractivity contribution < 1.29 is 4.74 Å². The number of hydrogen-bond acceptors (Lipinski definition) is 3. The number of rotatable bonds is 6. The highest BCUT2D eigenvalue weighted by Crippen LogP contribution is 2.24. The molecule has 3 heterocycles. The van der Waals surface area contributed by atoms with Crippen molar-refractivity contribution in [2.45, 2.75) is 32.4 Å². The maximum Gasteiger partial charge on any atom is 0.105 e. The summed E-state index contributed by atoms with van der Waals surface area (Å²) in [5.74, 6) is 1.10. The summed E-state index contributed by atoms with van der Waals surface area (Å²) in [7, 11) is 2.12. The Hall–Kier alpha value is -1.59. The Morgan fingerprint density at radius 1 is 1.27 bits per heavy atom. The van der Waals surface area contributed by atoms with Crippen molar-refractivity contribution in [1.82, 2.24) is 19.0 Å². The van der Waals surface area contributed by atoms with E-state index in [2.05, 4.69) is 57.5 Å². The maximum atomic E-state index is 5.70. The van der Waals surface area contributed by atoms with Gasteiger partial charge in [0.2, 0.25) is 0 Å². The fraction of sp³-hybridized carbons (Fsp3) is 0.588. The molecule has 3 rings (SSSR count). The van der Waals surface area contributed by atoms with Gasteiger partial charge < -0.3 is 13.9 Å². The lowest BCUT2D eigenvalue weighted by atomic mass is 10.1. The predicted molar refractivity (Wildman–Crippen MR) is 86.7 cm³/mol. The molecule has 120 valence electrons. The summed E-state index contributed by atoms with van der Waals surface area (Å²) in [4.78, 5) is 6.84. The molecule has 1 saturated heterocycles. The number of aromatic nitrogens is 3. The maximum absolute atomic E-state index is 5.70. The first-order chi connectivity index (χ1) is 10.8. The fourth-order valence-electron chi connectivity index (χ4n) is 3.24. The minimum Gasteiger partial charge on any atom is -0.378 e. The largest absolute Gasteiger partial charge is 0.378 e. The van der Waals surface area contributed by atoms with Crippen LogP contribution < -0.4 is 0 Å². The molecule has 1 fully saturated rings. The Morgan fingerprint density at radius 2 is 2.14 bits per heavy atom. The van der Waals surface area contributed by atoms with Crippen LogP contribution in [0.5, 0.6) is 0 Å². The molecule has 22 heavy (non-hydrogen) atoms. The van der Waals surface area contributed by atoms with E-state index in [1.54, 1.807) is 0 Å². The van der Waals surface area contributed by atoms with Crippen LogP contribution in [0.3, 0.4) is 0 Å². The van der Waals surface area contributed by atoms with E-state index in [9.17, 15) is 0 Å². The van der Waals surface area contributed by atoms with Crippen LogP contribution in [0, 0.1) is 6.92 Å². The smallest absolute Gasteiger partial charge is 0.105 e. The molecule has 0 radical (unpaired) electrons. The highest BCUT2D eigenvalue weighted by molar-refractivity contribution is 5.12. The average molecular weight is 302 g/mol. The van der Waals surface area contributed by atoms with Crippen molar-refractivity contribution in [3.05, 3.63) is 42.2 Å². The highest BCUT2D eigenvalue weighted by Gasteiger charge is 2.25. The molecule has 0 saturated carbocycles. The second kappa shape index (κ2) is 7.11. The van der Waals surface area contributed by atoms with Crippen LogP contribution in [0.15, 0.2) is 30.7 Å². The quantitative estimate of drug-likeness (QED) is 0.769. The second-order valence-corrected chi connectivity index (χ2v) is 6.05. The molecule has 0 amide bonds. The predicted octanol–water partition coefficient (Wildman–Crippen LogP) is 2.38. The van der Waals surface area contributed by atoms with Crippen LogP contribution in [-0.2, 0) is 18.3 Å². The standard InChI is InChI=1S/C17H26N4O/c1-15-18-7-11-20(15)9-3-4-10-21-12-13-22-14-17(21)16-6-5-8-19(16)2/h5-8,11,17H,3-4,9-10,12-14H2,1-2H3/t17-/m1/s1. The molecule has 0 spiro atoms. The lowest BCUT2D eigenvalue weighted by Gasteiger charge is -2.36. The number of nitrogens with zero attached hydrogens (tertiary/aromatic N) is 4. The number of hydrogen-bond donors (Lipinski definition) is 0. The first-order valence-corrected chi connectivity index (χ1v) is 8.16. The third-order valence-corrected chi connectivity index (χ3v) is 4.58. The van der Waals surface area contributed by atoms with Crippen LogP contribution in [-0.4, -0.2) is 45.3 Å². The summed E-state index contributed by atoms with van der Waals surface area (Å²) in [5, 5.41) is 0. The number of morpholine rings is 1. The van der Waals surface area contributed by atoms with Crippen LogP contribution in [0.1, 0.15) is 30.4 Å². The Balaban J connectivity index is 1.52. The molecule has 1 atom stereocenters. The summed E-state index contributed by atoms with van der Waals surface area (Å²) >= 11 is 0. The third kappa shape index (κ3) is 3.42. The van der Waals surface area contributed by atoms with Gasteiger partial charge in [0, 0.05) is 44.4 Å². The minimum atomic E-state index is 0.392. The van der Waals surface area contributed by atoms with Crippen molar-refractivity contribution in [3.63, 3.8) is 0 Å². The summed E-state index contributed by atoms with van der Waals surface area (Å²) < 4.78 is 10.1. The van der Waals surface area contributed by atoms with Gasteiger partial charge in [-0.25, -0.2) is 4.98 Å². The molecule has 0 bridgehead atoms. The SMILES string of the molecule is Cc1nccn1CCCCN1CCOC[C@@H]1c1cccn1C. The van der Waals surface area contributed by atoms with E-state index in [-0.39, 0.29) is 0 Å². The van der Waals surface area contributed by atoms with Gasteiger partial charge in [-0.15, -0.1) is 0 Å². The van der Waals surface area contributed by atoms with Crippen molar-refractivity contribution in [2.24, 2.45) is 7.05 Å². The molecule has 2 aromatic rings. The molecule has 0 aliphatic carbocycles. The van der Waals surface area contributed by atoms with E-state index < -0.39 is 0 Å². The summed E-state index contributed by atoms with van der Waals surface area (Å²) in [6.07, 6.45) is 8.45. The number of ether oxygens (including phenoxy) is 1. The van der Waals surface area contributed by atoms with Gasteiger partial charge >= 0.3 is 0 Å². The first kappa shape index (κ1) is 15.3. The van der Waals surface area contributed by atoms with Crippen LogP contribution >= 0.6 is 0 Å². The molecule has 0 aromatic carbocycles. The minimum absolute atomic E-state index is 0.392. The van der Waals surface area contributed by atoms with Gasteiger partial charge in [-0.05, 0) is 38.4 Å². The Bertz CT molecular complexity index is 589. The molecule has 0 unspecified atom stereocenters. The number of imidazole rings is 1. The zero-order valence-corrected chi connectivity index (χ0v) is 13.6. The Kier molecular flexibility index (Phi) is 4.95. The molecule has 1 aliphatic heterocycles. The van der Waals surface area contributed by atoms with E-state index in [0.29, 0.717) is 6.04 Å². The lowest BCUT2D eigenvalue weighted by molar-refractivity contribution is -0.0116. The van der Waals surface area contributed by atoms with Crippen LogP contribution in [0.2, 0.25) is 0 Å². The monoisotopic (exact) mass is 302 g/mol. The normalized spacial score (nSPS) is 19.6. The van der Waals surface area contributed by atoms with E-state index in [0.717, 1.165) is 38.7 Å². The molecule has 5 nitrogen and oxygen atoms in total. The molecule has 2 aromatic heterocycles. The topological polar surface area (TPSA) is 35.2 Å². The summed E-state index contributed by atoms with van der Waals surface area (Å²) in [6.45, 7) is 6.94. The van der Waals surface area contributed by atoms with E-state index >= 15 is 0 Å². The van der Waals surface area contributed by atoms with Gasteiger partial charge in [-0.1, -0.05) is 0 Å². The van der Waals surface area contributed by atoms with Crippen molar-refractivity contribution >= 4 is 0 Å². The first-order valence-electron chi connectivity index (χ1n) is 8.16. The lowest BCUT2D eigenvalue weighted by Crippen LogP contribution is -2.40. The van der Waals surface area contributed by atoms with Crippen molar-refractivity contribution in [3.8, 4) is 0 Å². The molecule has 1 aliphatic rings. The van der Waals surface area contributed by atoms with Gasteiger partial charge in [0.1, 0.15) is 5.82 Å². The van der Waals surface area contributed by atoms with Crippen molar-refractivity contribution in [1.29, 1.82) is 0 Å². The third-order valence-electron chi connectivity index (χ3n) is 4.58. The van der Waals surface area contributed by atoms with Crippen LogP contribution in [0.4, 0.5) is 0 Å². The highest BCUT2D eigenvalue weighted by atomic mass is 16.5. The van der Waals surface area contributed by atoms with Gasteiger partial charge in [-0.2, -0.15) is 0 Å². The number of unbranched alkanes of at least 4 members (excludes halogenated alkanes) is 1. The fourth-order valence-corrected chi connectivity index (χ4v) is 3.24. The van der Waals surface area contributed by atoms with Gasteiger partial charge in [0.25, 0.3) is 0 Å². The van der Waals surface area contributed by atoms with Gasteiger partial charge in [0.05, 0.1) is 19.3 Å². The zero-order valence-electron chi connectivity index (χ0n) is 13.6. The Labute approximate surface area is 132 Å². The number of aryl methyl sites for hydroxylation is 3. The Morgan fingerprint density at radius 3 is 2.86 bits per heavy atom. The van der Waals surface area contributed by atoms with E-state index in [1.807, 2.05) is 6.20 Å². The van der Waals surface area contributed by atoms with Crippen LogP contribution in [0.25, 0.3) is 0 Å². The zero-order chi connectivity index (χ0) is 15.4. The average Bonchev–Trinajstić information content (AvgIpc) is 3.13. The summed E-state index contributed by atoms with van der Waals surface area (Å²) in [6, 6.07) is 4.72. The molecular weight excluding hydrogens is 276 g/mol. The molecule has 5 heteroatoms. The van der Waals surface area contributed by atoms with Gasteiger partial charge in [0.15, 0.2) is 0 Å².